The second-order valence-electron chi connectivity index (χ2n) is 4.88. The summed E-state index contributed by atoms with van der Waals surface area (Å²) >= 11 is 6.89. The van der Waals surface area contributed by atoms with Crippen molar-refractivity contribution >= 4 is 48.7 Å². The average molecular weight is 404 g/mol. The number of nitrogens with zero attached hydrogens (tertiary/aromatic N) is 1. The number of carbonyl (C=O) groups excluding carboxylic acids is 1. The van der Waals surface area contributed by atoms with Crippen LogP contribution in [0.4, 0.5) is 0 Å². The molecule has 0 saturated heterocycles. The lowest BCUT2D eigenvalue weighted by atomic mass is 10.1. The molecule has 1 unspecified atom stereocenters. The zero-order chi connectivity index (χ0) is 14.9. The van der Waals surface area contributed by atoms with Crippen molar-refractivity contribution in [2.75, 3.05) is 13.6 Å². The molecule has 0 aliphatic heterocycles. The number of rotatable bonds is 4. The first-order valence-corrected chi connectivity index (χ1v) is 7.88. The molecule has 4 nitrogen and oxygen atoms in total. The normalized spacial score (nSPS) is 12.7. The zero-order valence-electron chi connectivity index (χ0n) is 11.3. The third-order valence-electron chi connectivity index (χ3n) is 3.18. The van der Waals surface area contributed by atoms with Crippen LogP contribution in [0.5, 0.6) is 0 Å². The number of aromatic nitrogens is 1. The van der Waals surface area contributed by atoms with Gasteiger partial charge in [0, 0.05) is 39.6 Å². The number of aliphatic hydroxyl groups excluding tert-OH is 1. The first-order valence-electron chi connectivity index (χ1n) is 6.29. The lowest BCUT2D eigenvalue weighted by molar-refractivity contribution is 0.0771. The number of nitrogens with one attached hydrogen (secondary N) is 1. The monoisotopic (exact) mass is 402 g/mol. The van der Waals surface area contributed by atoms with Gasteiger partial charge in [-0.25, -0.2) is 0 Å². The fourth-order valence-corrected chi connectivity index (χ4v) is 2.67. The van der Waals surface area contributed by atoms with Crippen molar-refractivity contribution in [3.05, 3.63) is 32.8 Å². The molecule has 1 aromatic carbocycles. The van der Waals surface area contributed by atoms with E-state index in [0.29, 0.717) is 18.5 Å². The lowest BCUT2D eigenvalue weighted by Crippen LogP contribution is -2.29. The predicted molar refractivity (Wildman–Crippen MR) is 87.0 cm³/mol. The van der Waals surface area contributed by atoms with Gasteiger partial charge in [-0.1, -0.05) is 0 Å². The molecule has 2 N–H and O–H groups in total. The lowest BCUT2D eigenvalue weighted by Gasteiger charge is -2.17. The molecule has 1 amide bonds. The van der Waals surface area contributed by atoms with E-state index in [1.54, 1.807) is 25.1 Å². The minimum absolute atomic E-state index is 0.0499. The highest BCUT2D eigenvalue weighted by molar-refractivity contribution is 9.13. The Morgan fingerprint density at radius 3 is 2.70 bits per heavy atom. The van der Waals surface area contributed by atoms with Crippen LogP contribution >= 0.6 is 31.9 Å². The summed E-state index contributed by atoms with van der Waals surface area (Å²) in [4.78, 5) is 17.2. The number of hydrogen-bond acceptors (Lipinski definition) is 2. The number of hydrogen-bond donors (Lipinski definition) is 2. The van der Waals surface area contributed by atoms with Crippen molar-refractivity contribution in [1.82, 2.24) is 9.88 Å². The molecule has 20 heavy (non-hydrogen) atoms. The van der Waals surface area contributed by atoms with E-state index in [-0.39, 0.29) is 5.91 Å². The Labute approximate surface area is 134 Å². The van der Waals surface area contributed by atoms with Gasteiger partial charge in [-0.05, 0) is 57.3 Å². The van der Waals surface area contributed by atoms with E-state index in [1.807, 2.05) is 12.1 Å². The van der Waals surface area contributed by atoms with Gasteiger partial charge >= 0.3 is 0 Å². The van der Waals surface area contributed by atoms with Gasteiger partial charge in [-0.15, -0.1) is 0 Å². The van der Waals surface area contributed by atoms with Crippen LogP contribution in [0.1, 0.15) is 23.7 Å². The van der Waals surface area contributed by atoms with Crippen LogP contribution < -0.4 is 0 Å². The van der Waals surface area contributed by atoms with Crippen LogP contribution in [-0.2, 0) is 0 Å². The molecular formula is C14H16Br2N2O2. The second kappa shape index (κ2) is 6.28. The minimum Gasteiger partial charge on any atom is -0.393 e. The van der Waals surface area contributed by atoms with Crippen LogP contribution in [0.15, 0.2) is 27.3 Å². The molecule has 0 radical (unpaired) electrons. The Hall–Kier alpha value is -0.850. The van der Waals surface area contributed by atoms with Crippen molar-refractivity contribution in [2.45, 2.75) is 19.4 Å². The quantitative estimate of drug-likeness (QED) is 0.820. The number of halogens is 2. The van der Waals surface area contributed by atoms with Crippen LogP contribution in [-0.4, -0.2) is 40.6 Å². The molecule has 0 bridgehead atoms. The summed E-state index contributed by atoms with van der Waals surface area (Å²) in [7, 11) is 1.75. The molecule has 0 spiro atoms. The highest BCUT2D eigenvalue weighted by atomic mass is 79.9. The van der Waals surface area contributed by atoms with E-state index in [4.69, 9.17) is 0 Å². The first kappa shape index (κ1) is 15.5. The summed E-state index contributed by atoms with van der Waals surface area (Å²) in [6.45, 7) is 2.25. The average Bonchev–Trinajstić information content (AvgIpc) is 2.78. The van der Waals surface area contributed by atoms with Gasteiger partial charge in [0.15, 0.2) is 0 Å². The fourth-order valence-electron chi connectivity index (χ4n) is 1.98. The molecule has 2 rings (SSSR count). The van der Waals surface area contributed by atoms with Gasteiger partial charge in [-0.2, -0.15) is 0 Å². The summed E-state index contributed by atoms with van der Waals surface area (Å²) in [5.74, 6) is -0.0499. The van der Waals surface area contributed by atoms with Gasteiger partial charge < -0.3 is 15.0 Å². The van der Waals surface area contributed by atoms with Gasteiger partial charge in [0.05, 0.1) is 11.7 Å². The first-order chi connectivity index (χ1) is 9.40. The fraction of sp³-hybridized carbons (Fsp3) is 0.357. The van der Waals surface area contributed by atoms with Crippen molar-refractivity contribution in [1.29, 1.82) is 0 Å². The van der Waals surface area contributed by atoms with Crippen molar-refractivity contribution < 1.29 is 9.90 Å². The number of benzene rings is 1. The third-order valence-corrected chi connectivity index (χ3v) is 5.03. The van der Waals surface area contributed by atoms with Crippen LogP contribution in [0.3, 0.4) is 0 Å². The molecule has 1 aromatic heterocycles. The number of aliphatic hydroxyl groups is 1. The second-order valence-corrected chi connectivity index (χ2v) is 6.59. The Morgan fingerprint density at radius 1 is 1.40 bits per heavy atom. The smallest absolute Gasteiger partial charge is 0.255 e. The number of carbonyl (C=O) groups is 1. The SMILES string of the molecule is CC(O)CCN(C)C(=O)c1c[nH]c2cc(Br)c(Br)cc12. The van der Waals surface area contributed by atoms with Crippen molar-refractivity contribution in [3.8, 4) is 0 Å². The van der Waals surface area contributed by atoms with Crippen molar-refractivity contribution in [3.63, 3.8) is 0 Å². The molecule has 6 heteroatoms. The van der Waals surface area contributed by atoms with Crippen LogP contribution in [0.25, 0.3) is 10.9 Å². The minimum atomic E-state index is -0.404. The Balaban J connectivity index is 2.28. The van der Waals surface area contributed by atoms with Gasteiger partial charge in [0.1, 0.15) is 0 Å². The van der Waals surface area contributed by atoms with Gasteiger partial charge in [0.25, 0.3) is 5.91 Å². The number of aromatic amines is 1. The molecule has 0 aliphatic carbocycles. The largest absolute Gasteiger partial charge is 0.393 e. The van der Waals surface area contributed by atoms with Crippen LogP contribution in [0, 0.1) is 0 Å². The predicted octanol–water partition coefficient (Wildman–Crippen LogP) is 3.54. The van der Waals surface area contributed by atoms with Crippen LogP contribution in [0.2, 0.25) is 0 Å². The molecule has 0 fully saturated rings. The van der Waals surface area contributed by atoms with E-state index in [9.17, 15) is 9.90 Å². The maximum atomic E-state index is 12.4. The molecule has 1 atom stereocenters. The highest BCUT2D eigenvalue weighted by Crippen LogP contribution is 2.30. The number of fused-ring (bicyclic) bond motifs is 1. The molecule has 0 aliphatic rings. The summed E-state index contributed by atoms with van der Waals surface area (Å²) in [6.07, 6.45) is 1.89. The summed E-state index contributed by atoms with van der Waals surface area (Å²) in [6, 6.07) is 3.86. The van der Waals surface area contributed by atoms with Gasteiger partial charge in [0.2, 0.25) is 0 Å². The Bertz CT molecular complexity index is 637. The van der Waals surface area contributed by atoms with E-state index < -0.39 is 6.10 Å². The molecule has 108 valence electrons. The highest BCUT2D eigenvalue weighted by Gasteiger charge is 2.17. The molecule has 0 saturated carbocycles. The number of amides is 1. The maximum Gasteiger partial charge on any atom is 0.255 e. The van der Waals surface area contributed by atoms with E-state index >= 15 is 0 Å². The van der Waals surface area contributed by atoms with E-state index in [2.05, 4.69) is 36.8 Å². The van der Waals surface area contributed by atoms with E-state index in [0.717, 1.165) is 19.8 Å². The standard InChI is InChI=1S/C14H16Br2N2O2/c1-8(19)3-4-18(2)14(20)10-7-17-13-6-12(16)11(15)5-9(10)13/h5-8,17,19H,3-4H2,1-2H3. The third kappa shape index (κ3) is 3.24. The summed E-state index contributed by atoms with van der Waals surface area (Å²) in [5, 5.41) is 10.2. The molecular weight excluding hydrogens is 388 g/mol. The Morgan fingerprint density at radius 2 is 2.05 bits per heavy atom. The Kier molecular flexibility index (Phi) is 4.88. The molecule has 2 aromatic rings. The maximum absolute atomic E-state index is 12.4. The summed E-state index contributed by atoms with van der Waals surface area (Å²) in [5.41, 5.74) is 1.55. The number of H-pyrrole nitrogens is 1. The van der Waals surface area contributed by atoms with Crippen molar-refractivity contribution in [2.24, 2.45) is 0 Å². The van der Waals surface area contributed by atoms with E-state index in [1.165, 1.54) is 0 Å². The molecule has 1 heterocycles. The topological polar surface area (TPSA) is 56.3 Å². The van der Waals surface area contributed by atoms with Gasteiger partial charge in [-0.3, -0.25) is 4.79 Å². The summed E-state index contributed by atoms with van der Waals surface area (Å²) < 4.78 is 1.85. The zero-order valence-corrected chi connectivity index (χ0v) is 14.5.